The molecule has 3 aromatic rings. The molecule has 0 fully saturated rings. The van der Waals surface area contributed by atoms with Crippen LogP contribution in [0.25, 0.3) is 0 Å². The Morgan fingerprint density at radius 3 is 2.74 bits per heavy atom. The number of thiophene rings is 1. The van der Waals surface area contributed by atoms with Crippen LogP contribution in [0.15, 0.2) is 60.1 Å². The van der Waals surface area contributed by atoms with Crippen LogP contribution in [0.2, 0.25) is 0 Å². The third-order valence-corrected chi connectivity index (χ3v) is 5.37. The molecule has 0 aliphatic carbocycles. The van der Waals surface area contributed by atoms with E-state index in [-0.39, 0.29) is 11.9 Å². The third kappa shape index (κ3) is 2.39. The average Bonchev–Trinajstić information content (AvgIpc) is 3.25. The van der Waals surface area contributed by atoms with Crippen molar-refractivity contribution < 1.29 is 4.79 Å². The summed E-state index contributed by atoms with van der Waals surface area (Å²) in [7, 11) is 0. The minimum absolute atomic E-state index is 0.0189. The first-order valence-electron chi connectivity index (χ1n) is 7.81. The van der Waals surface area contributed by atoms with Crippen molar-refractivity contribution in [3.8, 4) is 0 Å². The quantitative estimate of drug-likeness (QED) is 0.697. The first-order chi connectivity index (χ1) is 11.3. The molecular formula is C19H18N2OS. The van der Waals surface area contributed by atoms with E-state index in [1.807, 2.05) is 28.5 Å². The number of aromatic nitrogens is 1. The standard InChI is InChI=1S/C19H18N2OS/c1-14-6-2-3-7-15(14)18-16-8-4-10-20(16)11-12-21(18)19(22)17-9-5-13-23-17/h2-10,13,18H,11-12H2,1H3. The highest BCUT2D eigenvalue weighted by atomic mass is 32.1. The van der Waals surface area contributed by atoms with Crippen LogP contribution < -0.4 is 0 Å². The highest BCUT2D eigenvalue weighted by Crippen LogP contribution is 2.35. The van der Waals surface area contributed by atoms with E-state index in [0.29, 0.717) is 0 Å². The van der Waals surface area contributed by atoms with E-state index in [9.17, 15) is 4.79 Å². The Kier molecular flexibility index (Phi) is 3.54. The molecule has 3 nitrogen and oxygen atoms in total. The lowest BCUT2D eigenvalue weighted by Crippen LogP contribution is -2.42. The van der Waals surface area contributed by atoms with Gasteiger partial charge in [-0.1, -0.05) is 30.3 Å². The monoisotopic (exact) mass is 322 g/mol. The number of fused-ring (bicyclic) bond motifs is 1. The van der Waals surface area contributed by atoms with Crippen molar-refractivity contribution in [3.63, 3.8) is 0 Å². The number of carbonyl (C=O) groups is 1. The molecule has 116 valence electrons. The summed E-state index contributed by atoms with van der Waals surface area (Å²) in [5.74, 6) is 0.126. The van der Waals surface area contributed by atoms with Crippen molar-refractivity contribution in [1.29, 1.82) is 0 Å². The lowest BCUT2D eigenvalue weighted by atomic mass is 9.95. The van der Waals surface area contributed by atoms with Crippen LogP contribution in [0.3, 0.4) is 0 Å². The predicted octanol–water partition coefficient (Wildman–Crippen LogP) is 4.10. The second-order valence-corrected chi connectivity index (χ2v) is 6.81. The van der Waals surface area contributed by atoms with Crippen molar-refractivity contribution in [2.24, 2.45) is 0 Å². The third-order valence-electron chi connectivity index (χ3n) is 4.51. The van der Waals surface area contributed by atoms with E-state index in [1.54, 1.807) is 0 Å². The van der Waals surface area contributed by atoms with Crippen LogP contribution in [0.4, 0.5) is 0 Å². The minimum atomic E-state index is -0.0189. The fourth-order valence-electron chi connectivity index (χ4n) is 3.36. The van der Waals surface area contributed by atoms with Gasteiger partial charge in [-0.15, -0.1) is 11.3 Å². The predicted molar refractivity (Wildman–Crippen MR) is 92.8 cm³/mol. The van der Waals surface area contributed by atoms with Crippen molar-refractivity contribution >= 4 is 17.2 Å². The second kappa shape index (κ2) is 5.70. The molecule has 1 aromatic carbocycles. The maximum absolute atomic E-state index is 13.0. The van der Waals surface area contributed by atoms with E-state index in [0.717, 1.165) is 18.0 Å². The van der Waals surface area contributed by atoms with Gasteiger partial charge in [0.05, 0.1) is 10.9 Å². The van der Waals surface area contributed by atoms with Crippen LogP contribution in [0.1, 0.15) is 32.5 Å². The van der Waals surface area contributed by atoms with E-state index >= 15 is 0 Å². The summed E-state index contributed by atoms with van der Waals surface area (Å²) in [5.41, 5.74) is 3.61. The Balaban J connectivity index is 1.83. The molecular weight excluding hydrogens is 304 g/mol. The summed E-state index contributed by atoms with van der Waals surface area (Å²) in [5, 5.41) is 1.96. The maximum atomic E-state index is 13.0. The Bertz CT molecular complexity index is 835. The molecule has 4 rings (SSSR count). The molecule has 0 saturated carbocycles. The molecule has 1 unspecified atom stereocenters. The zero-order valence-corrected chi connectivity index (χ0v) is 13.8. The van der Waals surface area contributed by atoms with Crippen LogP contribution in [0, 0.1) is 6.92 Å². The molecule has 0 radical (unpaired) electrons. The summed E-state index contributed by atoms with van der Waals surface area (Å²) in [6, 6.07) is 16.4. The molecule has 0 N–H and O–H groups in total. The van der Waals surface area contributed by atoms with Gasteiger partial charge < -0.3 is 9.47 Å². The number of hydrogen-bond acceptors (Lipinski definition) is 2. The van der Waals surface area contributed by atoms with Gasteiger partial charge in [-0.3, -0.25) is 4.79 Å². The maximum Gasteiger partial charge on any atom is 0.264 e. The number of amides is 1. The van der Waals surface area contributed by atoms with Gasteiger partial charge in [-0.2, -0.15) is 0 Å². The van der Waals surface area contributed by atoms with Crippen molar-refractivity contribution in [3.05, 3.63) is 81.8 Å². The summed E-state index contributed by atoms with van der Waals surface area (Å²) < 4.78 is 2.26. The van der Waals surface area contributed by atoms with Crippen molar-refractivity contribution in [2.75, 3.05) is 6.54 Å². The van der Waals surface area contributed by atoms with Gasteiger partial charge in [0.1, 0.15) is 0 Å². The summed E-state index contributed by atoms with van der Waals surface area (Å²) >= 11 is 1.51. The van der Waals surface area contributed by atoms with Gasteiger partial charge >= 0.3 is 0 Å². The Hall–Kier alpha value is -2.33. The molecule has 0 bridgehead atoms. The Morgan fingerprint density at radius 2 is 1.96 bits per heavy atom. The van der Waals surface area contributed by atoms with Crippen molar-refractivity contribution in [2.45, 2.75) is 19.5 Å². The number of nitrogens with zero attached hydrogens (tertiary/aromatic N) is 2. The van der Waals surface area contributed by atoms with Crippen molar-refractivity contribution in [1.82, 2.24) is 9.47 Å². The molecule has 0 saturated heterocycles. The molecule has 4 heteroatoms. The highest BCUT2D eigenvalue weighted by molar-refractivity contribution is 7.12. The lowest BCUT2D eigenvalue weighted by molar-refractivity contribution is 0.0668. The molecule has 1 amide bonds. The number of hydrogen-bond donors (Lipinski definition) is 0. The summed E-state index contributed by atoms with van der Waals surface area (Å²) in [6.45, 7) is 3.70. The van der Waals surface area contributed by atoms with Crippen LogP contribution in [-0.4, -0.2) is 21.9 Å². The number of benzene rings is 1. The molecule has 1 aliphatic heterocycles. The Labute approximate surface area is 139 Å². The number of rotatable bonds is 2. The van der Waals surface area contributed by atoms with Gasteiger partial charge in [0, 0.05) is 25.0 Å². The second-order valence-electron chi connectivity index (χ2n) is 5.86. The van der Waals surface area contributed by atoms with Gasteiger partial charge in [0.15, 0.2) is 0 Å². The SMILES string of the molecule is Cc1ccccc1C1c2cccn2CCN1C(=O)c1cccs1. The molecule has 1 atom stereocenters. The first-order valence-corrected chi connectivity index (χ1v) is 8.69. The Morgan fingerprint density at radius 1 is 1.09 bits per heavy atom. The zero-order chi connectivity index (χ0) is 15.8. The van der Waals surface area contributed by atoms with Gasteiger partial charge in [-0.05, 0) is 41.6 Å². The lowest BCUT2D eigenvalue weighted by Gasteiger charge is -2.37. The minimum Gasteiger partial charge on any atom is -0.348 e. The zero-order valence-electron chi connectivity index (χ0n) is 13.0. The molecule has 1 aliphatic rings. The van der Waals surface area contributed by atoms with Gasteiger partial charge in [0.25, 0.3) is 5.91 Å². The molecule has 0 spiro atoms. The molecule has 3 heterocycles. The molecule has 2 aromatic heterocycles. The largest absolute Gasteiger partial charge is 0.348 e. The topological polar surface area (TPSA) is 25.2 Å². The van der Waals surface area contributed by atoms with Crippen LogP contribution in [0.5, 0.6) is 0 Å². The van der Waals surface area contributed by atoms with E-state index in [2.05, 4.69) is 48.0 Å². The summed E-state index contributed by atoms with van der Waals surface area (Å²) in [6.07, 6.45) is 2.10. The number of aryl methyl sites for hydroxylation is 1. The van der Waals surface area contributed by atoms with Gasteiger partial charge in [0.2, 0.25) is 0 Å². The molecule has 23 heavy (non-hydrogen) atoms. The number of carbonyl (C=O) groups excluding carboxylic acids is 1. The van der Waals surface area contributed by atoms with E-state index in [1.165, 1.54) is 28.2 Å². The average molecular weight is 322 g/mol. The van der Waals surface area contributed by atoms with E-state index in [4.69, 9.17) is 0 Å². The normalized spacial score (nSPS) is 17.1. The first kappa shape index (κ1) is 14.3. The fourth-order valence-corrected chi connectivity index (χ4v) is 4.04. The smallest absolute Gasteiger partial charge is 0.264 e. The van der Waals surface area contributed by atoms with Crippen LogP contribution in [-0.2, 0) is 6.54 Å². The van der Waals surface area contributed by atoms with E-state index < -0.39 is 0 Å². The van der Waals surface area contributed by atoms with Crippen LogP contribution >= 0.6 is 11.3 Å². The highest BCUT2D eigenvalue weighted by Gasteiger charge is 2.33. The summed E-state index contributed by atoms with van der Waals surface area (Å²) in [4.78, 5) is 15.8. The van der Waals surface area contributed by atoms with Gasteiger partial charge in [-0.25, -0.2) is 0 Å². The fraction of sp³-hybridized carbons (Fsp3) is 0.211.